The first kappa shape index (κ1) is 13.3. The average Bonchev–Trinajstić information content (AvgIpc) is 3.22. The second-order valence-corrected chi connectivity index (χ2v) is 5.12. The summed E-state index contributed by atoms with van der Waals surface area (Å²) >= 11 is 0. The van der Waals surface area contributed by atoms with Crippen LogP contribution in [0.2, 0.25) is 0 Å². The van der Waals surface area contributed by atoms with Gasteiger partial charge in [0.15, 0.2) is 0 Å². The summed E-state index contributed by atoms with van der Waals surface area (Å²) in [4.78, 5) is 24.9. The first-order chi connectivity index (χ1) is 8.70. The van der Waals surface area contributed by atoms with Gasteiger partial charge in [-0.15, -0.1) is 0 Å². The third kappa shape index (κ3) is 3.68. The summed E-state index contributed by atoms with van der Waals surface area (Å²) < 4.78 is 5.38. The van der Waals surface area contributed by atoms with Crippen LogP contribution in [0.15, 0.2) is 0 Å². The third-order valence-corrected chi connectivity index (χ3v) is 3.64. The molecule has 0 atom stereocenters. The number of nitrogens with two attached hydrogens (primary N) is 1. The van der Waals surface area contributed by atoms with Gasteiger partial charge in [-0.2, -0.15) is 0 Å². The smallest absolute Gasteiger partial charge is 0.248 e. The Morgan fingerprint density at radius 2 is 1.89 bits per heavy atom. The lowest BCUT2D eigenvalue weighted by Crippen LogP contribution is -2.45. The van der Waals surface area contributed by atoms with Crippen LogP contribution in [0.1, 0.15) is 25.7 Å². The van der Waals surface area contributed by atoms with Gasteiger partial charge < -0.3 is 9.64 Å². The van der Waals surface area contributed by atoms with E-state index in [0.29, 0.717) is 38.5 Å². The molecule has 1 saturated heterocycles. The molecular weight excluding hydrogens is 234 g/mol. The van der Waals surface area contributed by atoms with Crippen LogP contribution in [-0.2, 0) is 14.3 Å². The van der Waals surface area contributed by atoms with Gasteiger partial charge in [-0.1, -0.05) is 0 Å². The largest absolute Gasteiger partial charge is 0.371 e. The standard InChI is InChI=1S/C12H21N3O3/c13-14-12(17)10-3-5-15(6-4-10)11(16)8-18-7-9-1-2-9/h9-10H,1-8,13H2,(H,14,17). The van der Waals surface area contributed by atoms with Crippen LogP contribution in [0, 0.1) is 11.8 Å². The molecule has 1 saturated carbocycles. The molecule has 3 N–H and O–H groups in total. The molecule has 0 aromatic heterocycles. The Kier molecular flexibility index (Phi) is 4.54. The first-order valence-electron chi connectivity index (χ1n) is 6.56. The number of likely N-dealkylation sites (tertiary alicyclic amines) is 1. The van der Waals surface area contributed by atoms with Crippen molar-refractivity contribution in [2.75, 3.05) is 26.3 Å². The summed E-state index contributed by atoms with van der Waals surface area (Å²) in [6, 6.07) is 0. The molecule has 0 aromatic rings. The summed E-state index contributed by atoms with van der Waals surface area (Å²) in [6.07, 6.45) is 3.82. The Balaban J connectivity index is 1.64. The molecule has 18 heavy (non-hydrogen) atoms. The van der Waals surface area contributed by atoms with E-state index in [2.05, 4.69) is 5.43 Å². The van der Waals surface area contributed by atoms with E-state index in [1.54, 1.807) is 4.90 Å². The highest BCUT2D eigenvalue weighted by atomic mass is 16.5. The van der Waals surface area contributed by atoms with Crippen molar-refractivity contribution in [3.8, 4) is 0 Å². The molecule has 0 unspecified atom stereocenters. The number of carbonyl (C=O) groups excluding carboxylic acids is 2. The van der Waals surface area contributed by atoms with Crippen molar-refractivity contribution in [1.29, 1.82) is 0 Å². The molecule has 2 aliphatic rings. The lowest BCUT2D eigenvalue weighted by molar-refractivity contribution is -0.139. The molecule has 1 aliphatic heterocycles. The number of piperidine rings is 1. The summed E-state index contributed by atoms with van der Waals surface area (Å²) in [5.41, 5.74) is 2.17. The van der Waals surface area contributed by atoms with Crippen LogP contribution >= 0.6 is 0 Å². The van der Waals surface area contributed by atoms with Crippen LogP contribution in [0.3, 0.4) is 0 Å². The molecule has 6 nitrogen and oxygen atoms in total. The number of hydrogen-bond donors (Lipinski definition) is 2. The highest BCUT2D eigenvalue weighted by Crippen LogP contribution is 2.28. The highest BCUT2D eigenvalue weighted by Gasteiger charge is 2.27. The van der Waals surface area contributed by atoms with Crippen molar-refractivity contribution >= 4 is 11.8 Å². The van der Waals surface area contributed by atoms with Crippen LogP contribution in [0.25, 0.3) is 0 Å². The van der Waals surface area contributed by atoms with Gasteiger partial charge in [0.25, 0.3) is 0 Å². The third-order valence-electron chi connectivity index (χ3n) is 3.64. The number of nitrogens with zero attached hydrogens (tertiary/aromatic N) is 1. The summed E-state index contributed by atoms with van der Waals surface area (Å²) in [6.45, 7) is 2.11. The van der Waals surface area contributed by atoms with Crippen LogP contribution in [0.4, 0.5) is 0 Å². The lowest BCUT2D eigenvalue weighted by Gasteiger charge is -2.30. The zero-order valence-corrected chi connectivity index (χ0v) is 10.6. The van der Waals surface area contributed by atoms with Crippen LogP contribution < -0.4 is 11.3 Å². The van der Waals surface area contributed by atoms with E-state index < -0.39 is 0 Å². The van der Waals surface area contributed by atoms with Crippen LogP contribution in [0.5, 0.6) is 0 Å². The van der Waals surface area contributed by atoms with Gasteiger partial charge in [0.05, 0.1) is 6.61 Å². The van der Waals surface area contributed by atoms with E-state index in [0.717, 1.165) is 0 Å². The Morgan fingerprint density at radius 3 is 2.44 bits per heavy atom. The molecule has 1 heterocycles. The number of nitrogens with one attached hydrogen (secondary N) is 1. The minimum absolute atomic E-state index is 0.0299. The van der Waals surface area contributed by atoms with Gasteiger partial charge in [0.2, 0.25) is 11.8 Å². The SMILES string of the molecule is NNC(=O)C1CCN(C(=O)COCC2CC2)CC1. The zero-order valence-electron chi connectivity index (χ0n) is 10.6. The van der Waals surface area contributed by atoms with E-state index in [-0.39, 0.29) is 24.3 Å². The van der Waals surface area contributed by atoms with Gasteiger partial charge in [-0.05, 0) is 31.6 Å². The fraction of sp³-hybridized carbons (Fsp3) is 0.833. The van der Waals surface area contributed by atoms with E-state index in [4.69, 9.17) is 10.6 Å². The second kappa shape index (κ2) is 6.15. The minimum atomic E-state index is -0.132. The zero-order chi connectivity index (χ0) is 13.0. The molecule has 0 aromatic carbocycles. The molecule has 2 rings (SSSR count). The van der Waals surface area contributed by atoms with Gasteiger partial charge in [-0.25, -0.2) is 5.84 Å². The maximum atomic E-state index is 11.8. The fourth-order valence-corrected chi connectivity index (χ4v) is 2.20. The monoisotopic (exact) mass is 255 g/mol. The molecule has 2 amide bonds. The van der Waals surface area contributed by atoms with Crippen LogP contribution in [-0.4, -0.2) is 43.0 Å². The number of ether oxygens (including phenoxy) is 1. The fourth-order valence-electron chi connectivity index (χ4n) is 2.20. The maximum Gasteiger partial charge on any atom is 0.248 e. The van der Waals surface area contributed by atoms with Gasteiger partial charge in [-0.3, -0.25) is 15.0 Å². The second-order valence-electron chi connectivity index (χ2n) is 5.12. The normalized spacial score (nSPS) is 20.8. The number of rotatable bonds is 5. The van der Waals surface area contributed by atoms with Gasteiger partial charge in [0, 0.05) is 19.0 Å². The summed E-state index contributed by atoms with van der Waals surface area (Å²) in [7, 11) is 0. The van der Waals surface area contributed by atoms with Crippen molar-refractivity contribution in [1.82, 2.24) is 10.3 Å². The van der Waals surface area contributed by atoms with E-state index in [1.165, 1.54) is 12.8 Å². The molecular formula is C12H21N3O3. The quantitative estimate of drug-likeness (QED) is 0.399. The molecule has 2 fully saturated rings. The van der Waals surface area contributed by atoms with Crippen molar-refractivity contribution < 1.29 is 14.3 Å². The maximum absolute atomic E-state index is 11.8. The topological polar surface area (TPSA) is 84.7 Å². The number of hydrazine groups is 1. The van der Waals surface area contributed by atoms with E-state index >= 15 is 0 Å². The molecule has 102 valence electrons. The minimum Gasteiger partial charge on any atom is -0.371 e. The van der Waals surface area contributed by atoms with Crippen molar-refractivity contribution in [3.63, 3.8) is 0 Å². The molecule has 6 heteroatoms. The molecule has 1 aliphatic carbocycles. The van der Waals surface area contributed by atoms with E-state index in [1.807, 2.05) is 0 Å². The lowest BCUT2D eigenvalue weighted by atomic mass is 9.96. The Hall–Kier alpha value is -1.14. The van der Waals surface area contributed by atoms with E-state index in [9.17, 15) is 9.59 Å². The number of hydrogen-bond acceptors (Lipinski definition) is 4. The molecule has 0 radical (unpaired) electrons. The summed E-state index contributed by atoms with van der Waals surface area (Å²) in [5.74, 6) is 5.61. The first-order valence-corrected chi connectivity index (χ1v) is 6.56. The predicted molar refractivity (Wildman–Crippen MR) is 65.2 cm³/mol. The average molecular weight is 255 g/mol. The van der Waals surface area contributed by atoms with Crippen molar-refractivity contribution in [3.05, 3.63) is 0 Å². The van der Waals surface area contributed by atoms with Gasteiger partial charge in [0.1, 0.15) is 6.61 Å². The molecule has 0 spiro atoms. The number of amides is 2. The Morgan fingerprint density at radius 1 is 1.22 bits per heavy atom. The van der Waals surface area contributed by atoms with Gasteiger partial charge >= 0.3 is 0 Å². The number of carbonyl (C=O) groups is 2. The Labute approximate surface area is 107 Å². The highest BCUT2D eigenvalue weighted by molar-refractivity contribution is 5.80. The molecule has 0 bridgehead atoms. The summed E-state index contributed by atoms with van der Waals surface area (Å²) in [5, 5.41) is 0. The van der Waals surface area contributed by atoms with Crippen molar-refractivity contribution in [2.45, 2.75) is 25.7 Å². The predicted octanol–water partition coefficient (Wildman–Crippen LogP) is -0.358. The van der Waals surface area contributed by atoms with Crippen molar-refractivity contribution in [2.24, 2.45) is 17.7 Å². The Bertz CT molecular complexity index is 310.